The zero-order chi connectivity index (χ0) is 20.6. The van der Waals surface area contributed by atoms with Gasteiger partial charge in [0, 0.05) is 25.7 Å². The number of hydrogen-bond acceptors (Lipinski definition) is 3. The van der Waals surface area contributed by atoms with Gasteiger partial charge in [-0.1, -0.05) is 74.0 Å². The summed E-state index contributed by atoms with van der Waals surface area (Å²) in [5.74, 6) is 0.136. The topological polar surface area (TPSA) is 35.6 Å². The van der Waals surface area contributed by atoms with E-state index < -0.39 is 0 Å². The molecular formula is C25H35N3O. The van der Waals surface area contributed by atoms with E-state index in [4.69, 9.17) is 0 Å². The summed E-state index contributed by atoms with van der Waals surface area (Å²) in [5, 5.41) is 3.35. The number of carbonyl (C=O) groups is 1. The third-order valence-electron chi connectivity index (χ3n) is 5.96. The van der Waals surface area contributed by atoms with E-state index in [1.807, 2.05) is 18.2 Å². The minimum Gasteiger partial charge on any atom is -0.352 e. The summed E-state index contributed by atoms with van der Waals surface area (Å²) < 4.78 is 0. The van der Waals surface area contributed by atoms with Gasteiger partial charge in [-0.15, -0.1) is 0 Å². The fourth-order valence-electron chi connectivity index (χ4n) is 4.34. The van der Waals surface area contributed by atoms with Gasteiger partial charge in [-0.05, 0) is 44.0 Å². The molecule has 1 saturated heterocycles. The van der Waals surface area contributed by atoms with Crippen LogP contribution in [0.5, 0.6) is 0 Å². The number of benzene rings is 2. The highest BCUT2D eigenvalue weighted by molar-refractivity contribution is 5.83. The van der Waals surface area contributed by atoms with Crippen LogP contribution in [0, 0.1) is 6.92 Å². The first-order valence-electron chi connectivity index (χ1n) is 11.0. The number of hydrogen-bond donors (Lipinski definition) is 1. The quantitative estimate of drug-likeness (QED) is 0.731. The monoisotopic (exact) mass is 393 g/mol. The summed E-state index contributed by atoms with van der Waals surface area (Å²) in [7, 11) is 0. The van der Waals surface area contributed by atoms with Crippen molar-refractivity contribution in [1.82, 2.24) is 15.1 Å². The summed E-state index contributed by atoms with van der Waals surface area (Å²) in [4.78, 5) is 17.9. The molecule has 1 aliphatic heterocycles. The molecule has 2 aromatic carbocycles. The SMILES string of the molecule is CCN(CC)C(C(=O)NC1CCN(Cc2cccc(C)c2)CC1)c1ccccc1. The van der Waals surface area contributed by atoms with Gasteiger partial charge in [0.2, 0.25) is 5.91 Å². The van der Waals surface area contributed by atoms with Crippen molar-refractivity contribution in [2.24, 2.45) is 0 Å². The van der Waals surface area contributed by atoms with Crippen LogP contribution in [-0.4, -0.2) is 47.9 Å². The minimum absolute atomic E-state index is 0.136. The molecule has 0 bridgehead atoms. The molecule has 0 aromatic heterocycles. The van der Waals surface area contributed by atoms with Crippen LogP contribution < -0.4 is 5.32 Å². The highest BCUT2D eigenvalue weighted by atomic mass is 16.2. The highest BCUT2D eigenvalue weighted by Gasteiger charge is 2.28. The van der Waals surface area contributed by atoms with Gasteiger partial charge in [0.05, 0.1) is 0 Å². The molecule has 29 heavy (non-hydrogen) atoms. The van der Waals surface area contributed by atoms with Crippen molar-refractivity contribution < 1.29 is 4.79 Å². The van der Waals surface area contributed by atoms with E-state index in [2.05, 4.69) is 72.3 Å². The van der Waals surface area contributed by atoms with E-state index >= 15 is 0 Å². The van der Waals surface area contributed by atoms with E-state index in [1.165, 1.54) is 11.1 Å². The Labute approximate surface area is 175 Å². The Morgan fingerprint density at radius 1 is 1.07 bits per heavy atom. The standard InChI is InChI=1S/C25H35N3O/c1-4-28(5-2)24(22-12-7-6-8-13-22)25(29)26-23-14-16-27(17-15-23)19-21-11-9-10-20(3)18-21/h6-13,18,23-24H,4-5,14-17,19H2,1-3H3,(H,26,29). The molecule has 3 rings (SSSR count). The normalized spacial score (nSPS) is 16.7. The smallest absolute Gasteiger partial charge is 0.242 e. The van der Waals surface area contributed by atoms with E-state index in [0.717, 1.165) is 51.1 Å². The van der Waals surface area contributed by atoms with Gasteiger partial charge >= 0.3 is 0 Å². The molecule has 1 atom stereocenters. The maximum Gasteiger partial charge on any atom is 0.242 e. The number of rotatable bonds is 8. The summed E-state index contributed by atoms with van der Waals surface area (Å²) in [5.41, 5.74) is 3.76. The predicted molar refractivity (Wildman–Crippen MR) is 120 cm³/mol. The average Bonchev–Trinajstić information content (AvgIpc) is 2.74. The van der Waals surface area contributed by atoms with Crippen molar-refractivity contribution in [1.29, 1.82) is 0 Å². The number of amides is 1. The number of likely N-dealkylation sites (tertiary alicyclic amines) is 1. The molecule has 4 heteroatoms. The van der Waals surface area contributed by atoms with Crippen LogP contribution in [0.3, 0.4) is 0 Å². The minimum atomic E-state index is -0.212. The van der Waals surface area contributed by atoms with E-state index in [9.17, 15) is 4.79 Å². The molecule has 1 unspecified atom stereocenters. The van der Waals surface area contributed by atoms with Crippen LogP contribution in [0.25, 0.3) is 0 Å². The molecule has 4 nitrogen and oxygen atoms in total. The van der Waals surface area contributed by atoms with Gasteiger partial charge in [0.25, 0.3) is 0 Å². The first-order chi connectivity index (χ1) is 14.1. The van der Waals surface area contributed by atoms with Crippen LogP contribution in [0.2, 0.25) is 0 Å². The fourth-order valence-corrected chi connectivity index (χ4v) is 4.34. The molecule has 0 spiro atoms. The van der Waals surface area contributed by atoms with Gasteiger partial charge in [-0.2, -0.15) is 0 Å². The average molecular weight is 394 g/mol. The van der Waals surface area contributed by atoms with Crippen LogP contribution in [0.1, 0.15) is 49.4 Å². The van der Waals surface area contributed by atoms with Crippen molar-refractivity contribution in [2.45, 2.75) is 52.2 Å². The number of likely N-dealkylation sites (N-methyl/N-ethyl adjacent to an activating group) is 1. The molecule has 1 heterocycles. The lowest BCUT2D eigenvalue weighted by Crippen LogP contribution is -2.48. The van der Waals surface area contributed by atoms with Gasteiger partial charge in [-0.25, -0.2) is 0 Å². The first kappa shape index (κ1) is 21.5. The molecule has 1 N–H and O–H groups in total. The Morgan fingerprint density at radius 3 is 2.38 bits per heavy atom. The maximum absolute atomic E-state index is 13.2. The van der Waals surface area contributed by atoms with Gasteiger partial charge in [-0.3, -0.25) is 14.6 Å². The Bertz CT molecular complexity index is 765. The lowest BCUT2D eigenvalue weighted by atomic mass is 10.0. The predicted octanol–water partition coefficient (Wildman–Crippen LogP) is 4.16. The molecule has 0 radical (unpaired) electrons. The van der Waals surface area contributed by atoms with Crippen molar-refractivity contribution >= 4 is 5.91 Å². The van der Waals surface area contributed by atoms with E-state index in [-0.39, 0.29) is 18.0 Å². The number of nitrogens with zero attached hydrogens (tertiary/aromatic N) is 2. The third-order valence-corrected chi connectivity index (χ3v) is 5.96. The molecule has 1 aliphatic rings. The second-order valence-electron chi connectivity index (χ2n) is 8.08. The maximum atomic E-state index is 13.2. The molecule has 156 valence electrons. The van der Waals surface area contributed by atoms with Crippen LogP contribution >= 0.6 is 0 Å². The lowest BCUT2D eigenvalue weighted by Gasteiger charge is -2.35. The fraction of sp³-hybridized carbons (Fsp3) is 0.480. The van der Waals surface area contributed by atoms with Crippen molar-refractivity contribution in [3.05, 3.63) is 71.3 Å². The lowest BCUT2D eigenvalue weighted by molar-refractivity contribution is -0.127. The van der Waals surface area contributed by atoms with E-state index in [0.29, 0.717) is 0 Å². The van der Waals surface area contributed by atoms with Crippen molar-refractivity contribution in [2.75, 3.05) is 26.2 Å². The first-order valence-corrected chi connectivity index (χ1v) is 11.0. The third kappa shape index (κ3) is 5.91. The number of nitrogens with one attached hydrogen (secondary N) is 1. The Morgan fingerprint density at radius 2 is 1.76 bits per heavy atom. The summed E-state index contributed by atoms with van der Waals surface area (Å²) in [6, 6.07) is 19.0. The summed E-state index contributed by atoms with van der Waals surface area (Å²) in [6.45, 7) is 11.2. The Kier molecular flexibility index (Phi) is 7.84. The molecule has 1 amide bonds. The molecule has 2 aromatic rings. The van der Waals surface area contributed by atoms with Crippen molar-refractivity contribution in [3.8, 4) is 0 Å². The van der Waals surface area contributed by atoms with Gasteiger partial charge < -0.3 is 5.32 Å². The largest absolute Gasteiger partial charge is 0.352 e. The Balaban J connectivity index is 1.57. The zero-order valence-corrected chi connectivity index (χ0v) is 18.1. The van der Waals surface area contributed by atoms with Gasteiger partial charge in [0.15, 0.2) is 0 Å². The van der Waals surface area contributed by atoms with Crippen LogP contribution in [0.15, 0.2) is 54.6 Å². The molecule has 0 aliphatic carbocycles. The highest BCUT2D eigenvalue weighted by Crippen LogP contribution is 2.22. The van der Waals surface area contributed by atoms with Crippen LogP contribution in [0.4, 0.5) is 0 Å². The van der Waals surface area contributed by atoms with Crippen LogP contribution in [-0.2, 0) is 11.3 Å². The number of carbonyl (C=O) groups excluding carboxylic acids is 1. The molecule has 0 saturated carbocycles. The zero-order valence-electron chi connectivity index (χ0n) is 18.1. The second kappa shape index (κ2) is 10.6. The van der Waals surface area contributed by atoms with Gasteiger partial charge in [0.1, 0.15) is 6.04 Å². The molecular weight excluding hydrogens is 358 g/mol. The molecule has 1 fully saturated rings. The second-order valence-corrected chi connectivity index (χ2v) is 8.08. The number of piperidine rings is 1. The van der Waals surface area contributed by atoms with E-state index in [1.54, 1.807) is 0 Å². The Hall–Kier alpha value is -2.17. The summed E-state index contributed by atoms with van der Waals surface area (Å²) in [6.07, 6.45) is 2.02. The van der Waals surface area contributed by atoms with Crippen molar-refractivity contribution in [3.63, 3.8) is 0 Å². The number of aryl methyl sites for hydroxylation is 1. The summed E-state index contributed by atoms with van der Waals surface area (Å²) >= 11 is 0.